The van der Waals surface area contributed by atoms with Crippen LogP contribution in [0.3, 0.4) is 0 Å². The highest BCUT2D eigenvalue weighted by Crippen LogP contribution is 2.22. The van der Waals surface area contributed by atoms with Gasteiger partial charge in [-0.3, -0.25) is 4.99 Å². The quantitative estimate of drug-likeness (QED) is 0.624. The van der Waals surface area contributed by atoms with Crippen molar-refractivity contribution < 1.29 is 4.42 Å². The molecule has 1 unspecified atom stereocenters. The van der Waals surface area contributed by atoms with E-state index in [4.69, 9.17) is 4.42 Å². The van der Waals surface area contributed by atoms with Gasteiger partial charge in [0.2, 0.25) is 5.89 Å². The van der Waals surface area contributed by atoms with Crippen LogP contribution in [0.1, 0.15) is 66.0 Å². The molecule has 0 radical (unpaired) electrons. The topological polar surface area (TPSA) is 62.5 Å². The summed E-state index contributed by atoms with van der Waals surface area (Å²) in [6.07, 6.45) is 4.14. The van der Waals surface area contributed by atoms with E-state index in [1.54, 1.807) is 13.2 Å². The largest absolute Gasteiger partial charge is 0.443 e. The molecule has 2 N–H and O–H groups in total. The van der Waals surface area contributed by atoms with Crippen molar-refractivity contribution in [1.82, 2.24) is 15.6 Å². The molecule has 1 atom stereocenters. The molecule has 0 amide bonds. The van der Waals surface area contributed by atoms with E-state index in [0.29, 0.717) is 18.5 Å². The first-order valence-electron chi connectivity index (χ1n) is 8.14. The van der Waals surface area contributed by atoms with Crippen molar-refractivity contribution in [3.63, 3.8) is 0 Å². The van der Waals surface area contributed by atoms with Crippen molar-refractivity contribution in [1.29, 1.82) is 0 Å². The first-order chi connectivity index (χ1) is 10.2. The maximum absolute atomic E-state index is 5.77. The van der Waals surface area contributed by atoms with Crippen LogP contribution in [0.25, 0.3) is 0 Å². The van der Waals surface area contributed by atoms with Gasteiger partial charge in [0.15, 0.2) is 5.96 Å². The summed E-state index contributed by atoms with van der Waals surface area (Å²) in [5.74, 6) is 3.09. The zero-order valence-corrected chi connectivity index (χ0v) is 15.2. The Hall–Kier alpha value is -1.52. The monoisotopic (exact) mass is 308 g/mol. The van der Waals surface area contributed by atoms with Crippen LogP contribution in [-0.4, -0.2) is 24.0 Å². The fourth-order valence-electron chi connectivity index (χ4n) is 1.98. The highest BCUT2D eigenvalue weighted by atomic mass is 16.4. The molecule has 1 rings (SSSR count). The molecule has 22 heavy (non-hydrogen) atoms. The summed E-state index contributed by atoms with van der Waals surface area (Å²) in [5, 5.41) is 6.65. The summed E-state index contributed by atoms with van der Waals surface area (Å²) < 4.78 is 5.77. The molecule has 0 spiro atoms. The normalized spacial score (nSPS) is 14.3. The minimum absolute atomic E-state index is 0.0173. The summed E-state index contributed by atoms with van der Waals surface area (Å²) in [6, 6.07) is 0.392. The average Bonchev–Trinajstić information content (AvgIpc) is 2.90. The summed E-state index contributed by atoms with van der Waals surface area (Å²) in [6.45, 7) is 13.5. The SMILES string of the molecule is CN=C(NCc1ncc(C(C)(C)C)o1)NC(C)CCC(C)C. The predicted molar refractivity (Wildman–Crippen MR) is 92.1 cm³/mol. The lowest BCUT2D eigenvalue weighted by atomic mass is 9.94. The van der Waals surface area contributed by atoms with E-state index >= 15 is 0 Å². The van der Waals surface area contributed by atoms with Crippen LogP contribution in [-0.2, 0) is 12.0 Å². The third-order valence-electron chi connectivity index (χ3n) is 3.48. The predicted octanol–water partition coefficient (Wildman–Crippen LogP) is 3.46. The molecular weight excluding hydrogens is 276 g/mol. The maximum atomic E-state index is 5.77. The molecule has 0 fully saturated rings. The van der Waals surface area contributed by atoms with E-state index in [-0.39, 0.29) is 5.41 Å². The second-order valence-electron chi connectivity index (χ2n) is 7.31. The molecule has 0 bridgehead atoms. The maximum Gasteiger partial charge on any atom is 0.213 e. The van der Waals surface area contributed by atoms with Crippen molar-refractivity contribution >= 4 is 5.96 Å². The molecular formula is C17H32N4O. The first-order valence-corrected chi connectivity index (χ1v) is 8.14. The number of oxazole rings is 1. The first kappa shape index (κ1) is 18.5. The second kappa shape index (κ2) is 8.20. The lowest BCUT2D eigenvalue weighted by Gasteiger charge is -2.18. The molecule has 0 saturated carbocycles. The van der Waals surface area contributed by atoms with Gasteiger partial charge in [0.1, 0.15) is 5.76 Å². The molecule has 1 heterocycles. The van der Waals surface area contributed by atoms with Crippen LogP contribution in [0.5, 0.6) is 0 Å². The lowest BCUT2D eigenvalue weighted by Crippen LogP contribution is -2.42. The molecule has 0 saturated heterocycles. The van der Waals surface area contributed by atoms with Crippen molar-refractivity contribution in [2.45, 2.75) is 72.4 Å². The minimum Gasteiger partial charge on any atom is -0.443 e. The van der Waals surface area contributed by atoms with Crippen LogP contribution in [0.4, 0.5) is 0 Å². The second-order valence-corrected chi connectivity index (χ2v) is 7.31. The number of nitrogens with one attached hydrogen (secondary N) is 2. The third-order valence-corrected chi connectivity index (χ3v) is 3.48. The highest BCUT2D eigenvalue weighted by molar-refractivity contribution is 5.79. The van der Waals surface area contributed by atoms with Crippen molar-refractivity contribution in [2.75, 3.05) is 7.05 Å². The Kier molecular flexibility index (Phi) is 6.91. The minimum atomic E-state index is -0.0173. The number of guanidine groups is 1. The van der Waals surface area contributed by atoms with Gasteiger partial charge in [0.25, 0.3) is 0 Å². The Bertz CT molecular complexity index is 471. The van der Waals surface area contributed by atoms with E-state index in [0.717, 1.165) is 24.1 Å². The number of hydrogen-bond donors (Lipinski definition) is 2. The van der Waals surface area contributed by atoms with Crippen LogP contribution in [0.15, 0.2) is 15.6 Å². The lowest BCUT2D eigenvalue weighted by molar-refractivity contribution is 0.379. The van der Waals surface area contributed by atoms with E-state index in [1.165, 1.54) is 6.42 Å². The number of aliphatic imine (C=N–C) groups is 1. The van der Waals surface area contributed by atoms with Crippen LogP contribution in [0.2, 0.25) is 0 Å². The van der Waals surface area contributed by atoms with E-state index in [1.807, 2.05) is 0 Å². The fourth-order valence-corrected chi connectivity index (χ4v) is 1.98. The van der Waals surface area contributed by atoms with E-state index in [2.05, 4.69) is 62.2 Å². The summed E-state index contributed by atoms with van der Waals surface area (Å²) in [7, 11) is 1.78. The number of aromatic nitrogens is 1. The molecule has 5 nitrogen and oxygen atoms in total. The van der Waals surface area contributed by atoms with Gasteiger partial charge in [-0.2, -0.15) is 0 Å². The van der Waals surface area contributed by atoms with E-state index < -0.39 is 0 Å². The Morgan fingerprint density at radius 2 is 1.95 bits per heavy atom. The molecule has 0 aromatic carbocycles. The number of rotatable bonds is 6. The van der Waals surface area contributed by atoms with Gasteiger partial charge in [0.05, 0.1) is 12.7 Å². The molecule has 126 valence electrons. The van der Waals surface area contributed by atoms with Gasteiger partial charge in [-0.15, -0.1) is 0 Å². The number of hydrogen-bond acceptors (Lipinski definition) is 3. The van der Waals surface area contributed by atoms with Gasteiger partial charge in [0, 0.05) is 18.5 Å². The third kappa shape index (κ3) is 6.50. The van der Waals surface area contributed by atoms with Crippen LogP contribution < -0.4 is 10.6 Å². The van der Waals surface area contributed by atoms with Gasteiger partial charge in [-0.1, -0.05) is 34.6 Å². The smallest absolute Gasteiger partial charge is 0.213 e. The fraction of sp³-hybridized carbons (Fsp3) is 0.765. The Morgan fingerprint density at radius 1 is 1.27 bits per heavy atom. The molecule has 1 aromatic heterocycles. The molecule has 0 aliphatic rings. The van der Waals surface area contributed by atoms with Crippen LogP contribution >= 0.6 is 0 Å². The molecule has 0 aliphatic heterocycles. The molecule has 0 aliphatic carbocycles. The van der Waals surface area contributed by atoms with Crippen molar-refractivity contribution in [3.05, 3.63) is 17.8 Å². The average molecular weight is 308 g/mol. The molecule has 1 aromatic rings. The van der Waals surface area contributed by atoms with Gasteiger partial charge >= 0.3 is 0 Å². The standard InChI is InChI=1S/C17H32N4O/c1-12(2)8-9-13(3)21-16(18-7)20-11-15-19-10-14(22-15)17(4,5)6/h10,12-13H,8-9,11H2,1-7H3,(H2,18,20,21). The van der Waals surface area contributed by atoms with Gasteiger partial charge < -0.3 is 15.1 Å². The highest BCUT2D eigenvalue weighted by Gasteiger charge is 2.19. The van der Waals surface area contributed by atoms with Crippen molar-refractivity contribution in [2.24, 2.45) is 10.9 Å². The van der Waals surface area contributed by atoms with Gasteiger partial charge in [-0.25, -0.2) is 4.98 Å². The zero-order valence-electron chi connectivity index (χ0n) is 15.2. The molecule has 5 heteroatoms. The Morgan fingerprint density at radius 3 is 2.45 bits per heavy atom. The Balaban J connectivity index is 2.46. The Labute approximate surface area is 135 Å². The summed E-state index contributed by atoms with van der Waals surface area (Å²) >= 11 is 0. The van der Waals surface area contributed by atoms with E-state index in [9.17, 15) is 0 Å². The van der Waals surface area contributed by atoms with Gasteiger partial charge in [-0.05, 0) is 25.7 Å². The zero-order chi connectivity index (χ0) is 16.8. The summed E-state index contributed by atoms with van der Waals surface area (Å²) in [4.78, 5) is 8.57. The van der Waals surface area contributed by atoms with Crippen molar-refractivity contribution in [3.8, 4) is 0 Å². The summed E-state index contributed by atoms with van der Waals surface area (Å²) in [5.41, 5.74) is -0.0173. The van der Waals surface area contributed by atoms with Crippen LogP contribution in [0, 0.1) is 5.92 Å². The number of nitrogens with zero attached hydrogens (tertiary/aromatic N) is 2.